The third-order valence-electron chi connectivity index (χ3n) is 2.71. The van der Waals surface area contributed by atoms with Crippen molar-refractivity contribution in [1.29, 1.82) is 0 Å². The fourth-order valence-electron chi connectivity index (χ4n) is 2.26. The van der Waals surface area contributed by atoms with Crippen molar-refractivity contribution in [2.75, 3.05) is 13.6 Å². The van der Waals surface area contributed by atoms with Crippen LogP contribution >= 0.6 is 12.4 Å². The first-order valence-corrected chi connectivity index (χ1v) is 3.65. The SMILES string of the molecule is CN1C[C@H]2C[C@@H]1[C@@H](O)C2.Cl. The molecule has 2 nitrogen and oxygen atoms in total. The van der Waals surface area contributed by atoms with Gasteiger partial charge >= 0.3 is 0 Å². The second-order valence-corrected chi connectivity index (χ2v) is 3.41. The zero-order chi connectivity index (χ0) is 6.43. The third kappa shape index (κ3) is 1.04. The Kier molecular flexibility index (Phi) is 2.23. The molecule has 2 fully saturated rings. The second-order valence-electron chi connectivity index (χ2n) is 3.41. The van der Waals surface area contributed by atoms with Crippen molar-refractivity contribution in [2.24, 2.45) is 5.92 Å². The van der Waals surface area contributed by atoms with Crippen molar-refractivity contribution in [2.45, 2.75) is 25.0 Å². The Labute approximate surface area is 67.6 Å². The highest BCUT2D eigenvalue weighted by Gasteiger charge is 2.41. The number of aliphatic hydroxyl groups excluding tert-OH is 1. The average molecular weight is 164 g/mol. The minimum Gasteiger partial charge on any atom is -0.391 e. The molecule has 1 aliphatic heterocycles. The molecule has 0 unspecified atom stereocenters. The maximum atomic E-state index is 9.35. The van der Waals surface area contributed by atoms with Gasteiger partial charge in [0.25, 0.3) is 0 Å². The number of hydrogen-bond donors (Lipinski definition) is 1. The van der Waals surface area contributed by atoms with E-state index in [9.17, 15) is 5.11 Å². The molecule has 60 valence electrons. The van der Waals surface area contributed by atoms with Gasteiger partial charge in [0.1, 0.15) is 0 Å². The summed E-state index contributed by atoms with van der Waals surface area (Å²) in [6.07, 6.45) is 2.26. The molecule has 0 radical (unpaired) electrons. The summed E-state index contributed by atoms with van der Waals surface area (Å²) in [5, 5.41) is 9.35. The molecule has 0 aromatic heterocycles. The molecule has 3 heteroatoms. The van der Waals surface area contributed by atoms with Crippen LogP contribution in [0.1, 0.15) is 12.8 Å². The van der Waals surface area contributed by atoms with E-state index in [4.69, 9.17) is 0 Å². The van der Waals surface area contributed by atoms with Crippen LogP contribution in [0.3, 0.4) is 0 Å². The van der Waals surface area contributed by atoms with Crippen LogP contribution in [-0.2, 0) is 0 Å². The molecule has 0 amide bonds. The number of fused-ring (bicyclic) bond motifs is 2. The predicted molar refractivity (Wildman–Crippen MR) is 42.4 cm³/mol. The molecule has 1 saturated heterocycles. The quantitative estimate of drug-likeness (QED) is 0.562. The molecule has 10 heavy (non-hydrogen) atoms. The van der Waals surface area contributed by atoms with E-state index in [-0.39, 0.29) is 18.5 Å². The van der Waals surface area contributed by atoms with Gasteiger partial charge in [0.15, 0.2) is 0 Å². The van der Waals surface area contributed by atoms with Crippen molar-refractivity contribution >= 4 is 12.4 Å². The molecule has 0 aromatic carbocycles. The van der Waals surface area contributed by atoms with E-state index in [2.05, 4.69) is 11.9 Å². The van der Waals surface area contributed by atoms with Crippen LogP contribution in [0.15, 0.2) is 0 Å². The molecule has 1 heterocycles. The summed E-state index contributed by atoms with van der Waals surface area (Å²) in [4.78, 5) is 2.28. The van der Waals surface area contributed by atoms with Crippen LogP contribution in [0.5, 0.6) is 0 Å². The van der Waals surface area contributed by atoms with Gasteiger partial charge in [-0.05, 0) is 25.8 Å². The Morgan fingerprint density at radius 3 is 2.40 bits per heavy atom. The van der Waals surface area contributed by atoms with Gasteiger partial charge in [0.05, 0.1) is 6.10 Å². The Morgan fingerprint density at radius 2 is 2.10 bits per heavy atom. The van der Waals surface area contributed by atoms with Crippen molar-refractivity contribution in [3.05, 3.63) is 0 Å². The predicted octanol–water partition coefficient (Wildman–Crippen LogP) is 0.493. The van der Waals surface area contributed by atoms with Crippen LogP contribution in [0.25, 0.3) is 0 Å². The lowest BCUT2D eigenvalue weighted by molar-refractivity contribution is 0.0714. The van der Waals surface area contributed by atoms with E-state index in [1.165, 1.54) is 13.0 Å². The topological polar surface area (TPSA) is 23.5 Å². The largest absolute Gasteiger partial charge is 0.391 e. The zero-order valence-electron chi connectivity index (χ0n) is 6.16. The van der Waals surface area contributed by atoms with E-state index in [0.717, 1.165) is 12.3 Å². The molecular weight excluding hydrogens is 150 g/mol. The summed E-state index contributed by atoms with van der Waals surface area (Å²) in [6.45, 7) is 1.21. The fourth-order valence-corrected chi connectivity index (χ4v) is 2.26. The first-order valence-electron chi connectivity index (χ1n) is 3.65. The Bertz CT molecular complexity index is 119. The fraction of sp³-hybridized carbons (Fsp3) is 1.00. The molecule has 0 aromatic rings. The Balaban J connectivity index is 0.000000500. The molecule has 2 aliphatic rings. The minimum atomic E-state index is -0.0197. The highest BCUT2D eigenvalue weighted by molar-refractivity contribution is 5.85. The first kappa shape index (κ1) is 8.31. The van der Waals surface area contributed by atoms with E-state index >= 15 is 0 Å². The maximum absolute atomic E-state index is 9.35. The average Bonchev–Trinajstić information content (AvgIpc) is 2.22. The molecule has 3 atom stereocenters. The number of hydrogen-bond acceptors (Lipinski definition) is 2. The van der Waals surface area contributed by atoms with E-state index in [0.29, 0.717) is 6.04 Å². The van der Waals surface area contributed by atoms with Gasteiger partial charge in [-0.3, -0.25) is 0 Å². The second kappa shape index (κ2) is 2.68. The van der Waals surface area contributed by atoms with Crippen molar-refractivity contribution < 1.29 is 5.11 Å². The smallest absolute Gasteiger partial charge is 0.0698 e. The van der Waals surface area contributed by atoms with Crippen molar-refractivity contribution in [1.82, 2.24) is 4.90 Å². The number of halogens is 1. The van der Waals surface area contributed by atoms with Crippen LogP contribution in [-0.4, -0.2) is 35.7 Å². The van der Waals surface area contributed by atoms with Gasteiger partial charge in [0, 0.05) is 12.6 Å². The van der Waals surface area contributed by atoms with Crippen LogP contribution in [0, 0.1) is 5.92 Å². The molecule has 1 N–H and O–H groups in total. The third-order valence-corrected chi connectivity index (χ3v) is 2.71. The first-order chi connectivity index (χ1) is 4.27. The number of aliphatic hydroxyl groups is 1. The molecule has 0 spiro atoms. The number of rotatable bonds is 0. The lowest BCUT2D eigenvalue weighted by Crippen LogP contribution is -2.37. The van der Waals surface area contributed by atoms with E-state index in [1.54, 1.807) is 0 Å². The van der Waals surface area contributed by atoms with Gasteiger partial charge in [-0.15, -0.1) is 12.4 Å². The summed E-state index contributed by atoms with van der Waals surface area (Å²) in [5.41, 5.74) is 0. The van der Waals surface area contributed by atoms with Gasteiger partial charge in [-0.1, -0.05) is 0 Å². The normalized spacial score (nSPS) is 45.6. The van der Waals surface area contributed by atoms with Gasteiger partial charge in [-0.25, -0.2) is 0 Å². The Hall–Kier alpha value is 0.210. The van der Waals surface area contributed by atoms with Crippen LogP contribution in [0.4, 0.5) is 0 Å². The lowest BCUT2D eigenvalue weighted by Gasteiger charge is -2.25. The van der Waals surface area contributed by atoms with E-state index in [1.807, 2.05) is 0 Å². The lowest BCUT2D eigenvalue weighted by atomic mass is 10.1. The number of nitrogens with zero attached hydrogens (tertiary/aromatic N) is 1. The van der Waals surface area contributed by atoms with Crippen molar-refractivity contribution in [3.63, 3.8) is 0 Å². The summed E-state index contributed by atoms with van der Waals surface area (Å²) >= 11 is 0. The molecule has 2 rings (SSSR count). The molecule has 1 saturated carbocycles. The molecular formula is C7H14ClNO. The summed E-state index contributed by atoms with van der Waals surface area (Å²) < 4.78 is 0. The van der Waals surface area contributed by atoms with Crippen LogP contribution in [0.2, 0.25) is 0 Å². The van der Waals surface area contributed by atoms with Gasteiger partial charge in [-0.2, -0.15) is 0 Å². The zero-order valence-corrected chi connectivity index (χ0v) is 6.97. The highest BCUT2D eigenvalue weighted by atomic mass is 35.5. The molecule has 1 aliphatic carbocycles. The summed E-state index contributed by atoms with van der Waals surface area (Å²) in [5.74, 6) is 0.801. The van der Waals surface area contributed by atoms with E-state index < -0.39 is 0 Å². The van der Waals surface area contributed by atoms with Crippen LogP contribution < -0.4 is 0 Å². The van der Waals surface area contributed by atoms with Gasteiger partial charge < -0.3 is 10.0 Å². The maximum Gasteiger partial charge on any atom is 0.0698 e. The summed E-state index contributed by atoms with van der Waals surface area (Å²) in [6, 6.07) is 0.495. The highest BCUT2D eigenvalue weighted by Crippen LogP contribution is 2.36. The monoisotopic (exact) mass is 163 g/mol. The number of piperidine rings is 1. The standard InChI is InChI=1S/C7H13NO.ClH/c1-8-4-5-2-6(8)7(9)3-5;/h5-7,9H,2-4H2,1H3;1H/t5-,6+,7-;/m0./s1. The molecule has 2 bridgehead atoms. The number of likely N-dealkylation sites (tertiary alicyclic amines) is 1. The van der Waals surface area contributed by atoms with Crippen molar-refractivity contribution in [3.8, 4) is 0 Å². The Morgan fingerprint density at radius 1 is 1.40 bits per heavy atom. The summed E-state index contributed by atoms with van der Waals surface area (Å²) in [7, 11) is 2.10. The van der Waals surface area contributed by atoms with Gasteiger partial charge in [0.2, 0.25) is 0 Å². The minimum absolute atomic E-state index is 0. The number of likely N-dealkylation sites (N-methyl/N-ethyl adjacent to an activating group) is 1.